The van der Waals surface area contributed by atoms with Crippen molar-refractivity contribution in [3.8, 4) is 17.8 Å². The number of alkyl halides is 2. The van der Waals surface area contributed by atoms with E-state index in [2.05, 4.69) is 4.98 Å². The van der Waals surface area contributed by atoms with Crippen LogP contribution >= 0.6 is 0 Å². The minimum atomic E-state index is -2.77. The van der Waals surface area contributed by atoms with Crippen molar-refractivity contribution in [3.63, 3.8) is 0 Å². The third-order valence-corrected chi connectivity index (χ3v) is 5.64. The first kappa shape index (κ1) is 24.8. The Bertz CT molecular complexity index is 1030. The van der Waals surface area contributed by atoms with Crippen LogP contribution in [-0.4, -0.2) is 47.2 Å². The molecule has 0 saturated heterocycles. The van der Waals surface area contributed by atoms with Gasteiger partial charge in [-0.05, 0) is 38.5 Å². The Kier molecular flexibility index (Phi) is 8.19. The zero-order chi connectivity index (χ0) is 24.1. The van der Waals surface area contributed by atoms with Crippen LogP contribution in [0.4, 0.5) is 13.2 Å². The van der Waals surface area contributed by atoms with Crippen molar-refractivity contribution < 1.29 is 32.2 Å². The number of carbonyl (C=O) groups excluding carboxylic acids is 1. The average Bonchev–Trinajstić information content (AvgIpc) is 3.08. The summed E-state index contributed by atoms with van der Waals surface area (Å²) in [5, 5.41) is 9.42. The lowest BCUT2D eigenvalue weighted by Gasteiger charge is -2.29. The first-order valence-corrected chi connectivity index (χ1v) is 11.0. The van der Waals surface area contributed by atoms with Gasteiger partial charge in [0.05, 0.1) is 11.7 Å². The molecular formula is C23H28F3N3O4. The molecule has 0 spiro atoms. The number of carbonyl (C=O) groups is 1. The van der Waals surface area contributed by atoms with E-state index in [9.17, 15) is 23.2 Å². The quantitative estimate of drug-likeness (QED) is 0.510. The maximum Gasteiger partial charge on any atom is 0.297 e. The fourth-order valence-electron chi connectivity index (χ4n) is 4.06. The molecule has 0 amide bonds. The van der Waals surface area contributed by atoms with Gasteiger partial charge in [-0.25, -0.2) is 13.2 Å². The number of ether oxygens (including phenoxy) is 3. The second kappa shape index (κ2) is 10.9. The van der Waals surface area contributed by atoms with Gasteiger partial charge in [-0.15, -0.1) is 0 Å². The molecule has 1 atom stereocenters. The second-order valence-corrected chi connectivity index (χ2v) is 8.56. The largest absolute Gasteiger partial charge is 0.484 e. The SMILES string of the molecule is CC(=O)C[C@@H](C)COC1CCC(Oc2nc3c(C#N)cc(OCC(F)F)c(F)c3n2C)CC1. The molecule has 1 aliphatic rings. The normalized spacial score (nSPS) is 19.5. The number of halogens is 3. The zero-order valence-electron chi connectivity index (χ0n) is 18.9. The molecule has 1 aliphatic carbocycles. The average molecular weight is 467 g/mol. The molecule has 3 rings (SSSR count). The molecule has 7 nitrogen and oxygen atoms in total. The van der Waals surface area contributed by atoms with Crippen LogP contribution in [0.15, 0.2) is 6.07 Å². The summed E-state index contributed by atoms with van der Waals surface area (Å²) in [5.41, 5.74) is 0.0658. The van der Waals surface area contributed by atoms with Crippen molar-refractivity contribution in [2.45, 2.75) is 64.6 Å². The van der Waals surface area contributed by atoms with Crippen LogP contribution < -0.4 is 9.47 Å². The van der Waals surface area contributed by atoms with Crippen molar-refractivity contribution in [1.82, 2.24) is 9.55 Å². The van der Waals surface area contributed by atoms with Crippen molar-refractivity contribution in [3.05, 3.63) is 17.4 Å². The minimum absolute atomic E-state index is 0.0119. The summed E-state index contributed by atoms with van der Waals surface area (Å²) >= 11 is 0. The van der Waals surface area contributed by atoms with Crippen LogP contribution in [0.3, 0.4) is 0 Å². The van der Waals surface area contributed by atoms with E-state index in [1.54, 1.807) is 6.92 Å². The summed E-state index contributed by atoms with van der Waals surface area (Å²) in [5.74, 6) is -0.971. The first-order chi connectivity index (χ1) is 15.7. The Labute approximate surface area is 190 Å². The number of Topliss-reactive ketones (excluding diaryl/α,β-unsaturated/α-hetero) is 1. The lowest BCUT2D eigenvalue weighted by molar-refractivity contribution is -0.118. The number of fused-ring (bicyclic) bond motifs is 1. The van der Waals surface area contributed by atoms with E-state index in [1.807, 2.05) is 13.0 Å². The van der Waals surface area contributed by atoms with E-state index in [0.717, 1.165) is 18.9 Å². The highest BCUT2D eigenvalue weighted by Gasteiger charge is 2.27. The van der Waals surface area contributed by atoms with Crippen LogP contribution in [0.2, 0.25) is 0 Å². The second-order valence-electron chi connectivity index (χ2n) is 8.56. The summed E-state index contributed by atoms with van der Waals surface area (Å²) in [4.78, 5) is 15.5. The van der Waals surface area contributed by atoms with Gasteiger partial charge in [0.15, 0.2) is 11.6 Å². The van der Waals surface area contributed by atoms with Crippen molar-refractivity contribution in [2.75, 3.05) is 13.2 Å². The minimum Gasteiger partial charge on any atom is -0.484 e. The van der Waals surface area contributed by atoms with Crippen LogP contribution in [0.5, 0.6) is 11.8 Å². The fourth-order valence-corrected chi connectivity index (χ4v) is 4.06. The molecule has 10 heteroatoms. The summed E-state index contributed by atoms with van der Waals surface area (Å²) in [6, 6.07) is 3.13. The van der Waals surface area contributed by atoms with Gasteiger partial charge < -0.3 is 19.0 Å². The van der Waals surface area contributed by atoms with Crippen LogP contribution in [0.25, 0.3) is 11.0 Å². The maximum absolute atomic E-state index is 14.9. The third-order valence-electron chi connectivity index (χ3n) is 5.64. The Balaban J connectivity index is 1.67. The van der Waals surface area contributed by atoms with E-state index in [1.165, 1.54) is 11.6 Å². The van der Waals surface area contributed by atoms with Crippen LogP contribution in [0.1, 0.15) is 51.5 Å². The molecular weight excluding hydrogens is 439 g/mol. The predicted molar refractivity (Wildman–Crippen MR) is 114 cm³/mol. The van der Waals surface area contributed by atoms with Crippen molar-refractivity contribution in [1.29, 1.82) is 5.26 Å². The molecule has 0 bridgehead atoms. The van der Waals surface area contributed by atoms with Gasteiger partial charge in [0.25, 0.3) is 12.4 Å². The molecule has 1 aromatic carbocycles. The number of imidazole rings is 1. The topological polar surface area (TPSA) is 86.4 Å². The fraction of sp³-hybridized carbons (Fsp3) is 0.609. The standard InChI is InChI=1S/C23H28F3N3O4/c1-13(8-14(2)30)11-31-16-4-6-17(7-5-16)33-23-28-21-15(10-27)9-18(32-12-19(24)25)20(26)22(21)29(23)3/h9,13,16-17,19H,4-8,11-12H2,1-3H3/t13-,16?,17?/m1/s1. The van der Waals surface area contributed by atoms with E-state index in [-0.39, 0.29) is 46.5 Å². The van der Waals surface area contributed by atoms with Crippen LogP contribution in [-0.2, 0) is 16.6 Å². The molecule has 0 aliphatic heterocycles. The predicted octanol–water partition coefficient (Wildman–Crippen LogP) is 4.55. The molecule has 1 aromatic heterocycles. The number of benzene rings is 1. The highest BCUT2D eigenvalue weighted by atomic mass is 19.3. The number of nitriles is 1. The smallest absolute Gasteiger partial charge is 0.297 e. The van der Waals surface area contributed by atoms with Gasteiger partial charge in [-0.2, -0.15) is 10.2 Å². The highest BCUT2D eigenvalue weighted by Crippen LogP contribution is 2.33. The summed E-state index contributed by atoms with van der Waals surface area (Å²) < 4.78 is 58.1. The lowest BCUT2D eigenvalue weighted by Crippen LogP contribution is -2.30. The Morgan fingerprint density at radius 2 is 1.94 bits per heavy atom. The Morgan fingerprint density at radius 3 is 2.55 bits per heavy atom. The summed E-state index contributed by atoms with van der Waals surface area (Å²) in [7, 11) is 1.54. The molecule has 180 valence electrons. The summed E-state index contributed by atoms with van der Waals surface area (Å²) in [6.45, 7) is 3.11. The number of rotatable bonds is 10. The molecule has 0 unspecified atom stereocenters. The first-order valence-electron chi connectivity index (χ1n) is 11.0. The zero-order valence-corrected chi connectivity index (χ0v) is 18.9. The monoisotopic (exact) mass is 467 g/mol. The van der Waals surface area contributed by atoms with E-state index in [4.69, 9.17) is 14.2 Å². The molecule has 0 N–H and O–H groups in total. The van der Waals surface area contributed by atoms with Gasteiger partial charge in [0, 0.05) is 26.1 Å². The van der Waals surface area contributed by atoms with Crippen molar-refractivity contribution in [2.24, 2.45) is 13.0 Å². The summed E-state index contributed by atoms with van der Waals surface area (Å²) in [6.07, 6.45) is 0.663. The molecule has 33 heavy (non-hydrogen) atoms. The molecule has 1 fully saturated rings. The van der Waals surface area contributed by atoms with E-state index in [0.29, 0.717) is 25.9 Å². The maximum atomic E-state index is 14.9. The number of nitrogens with zero attached hydrogens (tertiary/aromatic N) is 3. The number of aryl methyl sites for hydroxylation is 1. The number of ketones is 1. The third kappa shape index (κ3) is 6.16. The molecule has 1 saturated carbocycles. The number of hydrogen-bond donors (Lipinski definition) is 0. The van der Waals surface area contributed by atoms with Crippen molar-refractivity contribution >= 4 is 16.8 Å². The van der Waals surface area contributed by atoms with Gasteiger partial charge in [0.2, 0.25) is 0 Å². The molecule has 2 aromatic rings. The Morgan fingerprint density at radius 1 is 1.27 bits per heavy atom. The van der Waals surface area contributed by atoms with Gasteiger partial charge in [-0.1, -0.05) is 6.92 Å². The van der Waals surface area contributed by atoms with Gasteiger partial charge in [0.1, 0.15) is 35.6 Å². The van der Waals surface area contributed by atoms with Gasteiger partial charge >= 0.3 is 0 Å². The molecule has 1 heterocycles. The number of hydrogen-bond acceptors (Lipinski definition) is 6. The van der Waals surface area contributed by atoms with E-state index >= 15 is 0 Å². The van der Waals surface area contributed by atoms with Gasteiger partial charge in [-0.3, -0.25) is 4.57 Å². The Hall–Kier alpha value is -2.80. The molecule has 0 radical (unpaired) electrons. The number of aromatic nitrogens is 2. The lowest BCUT2D eigenvalue weighted by atomic mass is 9.95. The van der Waals surface area contributed by atoms with E-state index < -0.39 is 24.6 Å². The van der Waals surface area contributed by atoms with Crippen LogP contribution in [0, 0.1) is 23.1 Å². The highest BCUT2D eigenvalue weighted by molar-refractivity contribution is 5.85.